The second-order valence-electron chi connectivity index (χ2n) is 22.5. The summed E-state index contributed by atoms with van der Waals surface area (Å²) < 4.78 is 0. The predicted molar refractivity (Wildman–Crippen MR) is 313 cm³/mol. The molecule has 0 saturated heterocycles. The fraction of sp³-hybridized carbons (Fsp3) is 0.406. The van der Waals surface area contributed by atoms with E-state index in [9.17, 15) is 0 Å². The van der Waals surface area contributed by atoms with Crippen molar-refractivity contribution >= 4 is 22.4 Å². The lowest BCUT2D eigenvalue weighted by Gasteiger charge is -2.33. The molecule has 0 bridgehead atoms. The standard InChI is InChI=1S/C69H82N4/c1-6-8-10-12-16-25-44-69(45-26-17-13-11-9-7-2)62-48-56(54-35-27-32-52(46-54)31-20-15-14-19-28-51-29-21-18-22-30-51)38-41-60(62)61-42-39-57(49-63(61)69)64-43-40-59(50-70-64)66-71-65(72-67(73-66)68(3,4)5)58-37-36-53-33-23-24-34-55(53)47-58/h18,21-24,27,29-30,32-43,46-50,66H,6-17,19-20,25-26,28,31,44-45H2,1-5H3,(H,71,72,73). The van der Waals surface area contributed by atoms with Gasteiger partial charge in [0.15, 0.2) is 6.17 Å². The summed E-state index contributed by atoms with van der Waals surface area (Å²) in [6.07, 6.45) is 27.0. The van der Waals surface area contributed by atoms with E-state index in [1.54, 1.807) is 5.56 Å². The van der Waals surface area contributed by atoms with E-state index in [2.05, 4.69) is 186 Å². The van der Waals surface area contributed by atoms with Crippen molar-refractivity contribution in [2.75, 3.05) is 0 Å². The Morgan fingerprint density at radius 3 is 1.71 bits per heavy atom. The van der Waals surface area contributed by atoms with Crippen molar-refractivity contribution < 1.29 is 0 Å². The van der Waals surface area contributed by atoms with Gasteiger partial charge in [-0.1, -0.05) is 246 Å². The fourth-order valence-electron chi connectivity index (χ4n) is 11.7. The zero-order valence-corrected chi connectivity index (χ0v) is 45.0. The first kappa shape index (κ1) is 51.8. The van der Waals surface area contributed by atoms with Crippen LogP contribution in [0.4, 0.5) is 0 Å². The van der Waals surface area contributed by atoms with Crippen LogP contribution in [0.15, 0.2) is 162 Å². The molecule has 0 spiro atoms. The van der Waals surface area contributed by atoms with Crippen LogP contribution in [0, 0.1) is 5.41 Å². The minimum atomic E-state index is -0.389. The van der Waals surface area contributed by atoms with E-state index in [4.69, 9.17) is 15.0 Å². The van der Waals surface area contributed by atoms with E-state index in [0.717, 1.165) is 34.9 Å². The third-order valence-corrected chi connectivity index (χ3v) is 15.9. The average molecular weight is 967 g/mol. The van der Waals surface area contributed by atoms with Crippen molar-refractivity contribution in [2.24, 2.45) is 15.4 Å². The lowest BCUT2D eigenvalue weighted by Crippen LogP contribution is -2.42. The highest BCUT2D eigenvalue weighted by molar-refractivity contribution is 6.13. The number of aromatic nitrogens is 1. The highest BCUT2D eigenvalue weighted by Gasteiger charge is 2.43. The summed E-state index contributed by atoms with van der Waals surface area (Å²) in [6, 6.07) is 54.7. The Bertz CT molecular complexity index is 2940. The summed E-state index contributed by atoms with van der Waals surface area (Å²) in [7, 11) is 0. The summed E-state index contributed by atoms with van der Waals surface area (Å²) in [6.45, 7) is 11.3. The summed E-state index contributed by atoms with van der Waals surface area (Å²) in [4.78, 5) is 15.7. The Kier molecular flexibility index (Phi) is 17.5. The molecular formula is C69H82N4. The van der Waals surface area contributed by atoms with Gasteiger partial charge in [0.25, 0.3) is 0 Å². The maximum atomic E-state index is 5.23. The number of hydrogen-bond acceptors (Lipinski definition) is 4. The number of unbranched alkanes of at least 4 members (excludes halogenated alkanes) is 13. The Hall–Kier alpha value is -6.13. The van der Waals surface area contributed by atoms with Crippen molar-refractivity contribution in [1.82, 2.24) is 10.3 Å². The molecule has 0 fully saturated rings. The van der Waals surface area contributed by atoms with Crippen LogP contribution in [0.5, 0.6) is 0 Å². The monoisotopic (exact) mass is 967 g/mol. The molecule has 1 atom stereocenters. The van der Waals surface area contributed by atoms with E-state index in [-0.39, 0.29) is 17.0 Å². The highest BCUT2D eigenvalue weighted by atomic mass is 15.2. The van der Waals surface area contributed by atoms with Gasteiger partial charge in [-0.25, -0.2) is 9.98 Å². The van der Waals surface area contributed by atoms with Gasteiger partial charge in [-0.2, -0.15) is 0 Å². The van der Waals surface area contributed by atoms with Gasteiger partial charge < -0.3 is 5.32 Å². The van der Waals surface area contributed by atoms with E-state index >= 15 is 0 Å². The number of nitrogens with one attached hydrogen (secondary N) is 1. The highest BCUT2D eigenvalue weighted by Crippen LogP contribution is 2.56. The maximum Gasteiger partial charge on any atom is 0.170 e. The number of pyridine rings is 1. The molecule has 1 aliphatic carbocycles. The molecule has 1 aromatic heterocycles. The first-order chi connectivity index (χ1) is 35.7. The van der Waals surface area contributed by atoms with Crippen LogP contribution in [-0.4, -0.2) is 16.7 Å². The summed E-state index contributed by atoms with van der Waals surface area (Å²) in [5.74, 6) is 1.78. The first-order valence-corrected chi connectivity index (χ1v) is 28.5. The fourth-order valence-corrected chi connectivity index (χ4v) is 11.7. The number of nitrogens with zero attached hydrogens (tertiary/aromatic N) is 3. The van der Waals surface area contributed by atoms with Crippen molar-refractivity contribution in [1.29, 1.82) is 0 Å². The summed E-state index contributed by atoms with van der Waals surface area (Å²) >= 11 is 0. The third kappa shape index (κ3) is 12.8. The molecule has 378 valence electrons. The Balaban J connectivity index is 1.01. The van der Waals surface area contributed by atoms with Crippen LogP contribution in [-0.2, 0) is 18.3 Å². The van der Waals surface area contributed by atoms with Crippen molar-refractivity contribution in [3.8, 4) is 33.5 Å². The number of amidine groups is 2. The number of aliphatic imine (C=N–C) groups is 2. The second-order valence-corrected chi connectivity index (χ2v) is 22.5. The Labute approximate surface area is 439 Å². The smallest absolute Gasteiger partial charge is 0.170 e. The minimum absolute atomic E-state index is 0.0510. The quantitative estimate of drug-likeness (QED) is 0.0580. The number of hydrogen-bond donors (Lipinski definition) is 1. The van der Waals surface area contributed by atoms with E-state index < -0.39 is 0 Å². The number of rotatable bonds is 25. The number of benzene rings is 6. The zero-order chi connectivity index (χ0) is 50.5. The molecule has 2 aliphatic rings. The van der Waals surface area contributed by atoms with Gasteiger partial charge in [0.05, 0.1) is 5.69 Å². The molecule has 9 rings (SSSR count). The SMILES string of the molecule is CCCCCCCCC1(CCCCCCCC)c2cc(-c3cccc(CCCCCCc4ccccc4)c3)ccc2-c2ccc(-c3ccc(C4N=C(c5ccc6ccccc6c5)NC(C(C)(C)C)=N4)cn3)cc21. The molecule has 1 unspecified atom stereocenters. The number of aryl methyl sites for hydroxylation is 2. The summed E-state index contributed by atoms with van der Waals surface area (Å²) in [5.41, 5.74) is 15.5. The van der Waals surface area contributed by atoms with Crippen LogP contribution in [0.25, 0.3) is 44.3 Å². The predicted octanol–water partition coefficient (Wildman–Crippen LogP) is 19.2. The van der Waals surface area contributed by atoms with Gasteiger partial charge >= 0.3 is 0 Å². The van der Waals surface area contributed by atoms with Gasteiger partial charge in [0.2, 0.25) is 0 Å². The Morgan fingerprint density at radius 1 is 0.466 bits per heavy atom. The number of fused-ring (bicyclic) bond motifs is 4. The molecule has 6 aromatic carbocycles. The lowest BCUT2D eigenvalue weighted by molar-refractivity contribution is 0.398. The molecule has 0 radical (unpaired) electrons. The molecule has 0 saturated carbocycles. The topological polar surface area (TPSA) is 49.6 Å². The minimum Gasteiger partial charge on any atom is -0.328 e. The molecule has 1 aliphatic heterocycles. The largest absolute Gasteiger partial charge is 0.328 e. The van der Waals surface area contributed by atoms with Crippen molar-refractivity contribution in [3.63, 3.8) is 0 Å². The lowest BCUT2D eigenvalue weighted by atomic mass is 9.70. The van der Waals surface area contributed by atoms with Crippen LogP contribution in [0.1, 0.15) is 190 Å². The Morgan fingerprint density at radius 2 is 1.04 bits per heavy atom. The van der Waals surface area contributed by atoms with Gasteiger partial charge in [0, 0.05) is 33.7 Å². The van der Waals surface area contributed by atoms with Crippen LogP contribution in [0.2, 0.25) is 0 Å². The third-order valence-electron chi connectivity index (χ3n) is 15.9. The van der Waals surface area contributed by atoms with Gasteiger partial charge in [-0.05, 0) is 118 Å². The second kappa shape index (κ2) is 24.7. The van der Waals surface area contributed by atoms with Gasteiger partial charge in [0.1, 0.15) is 11.7 Å². The molecule has 2 heterocycles. The average Bonchev–Trinajstić information content (AvgIpc) is 3.70. The van der Waals surface area contributed by atoms with Crippen molar-refractivity contribution in [2.45, 2.75) is 175 Å². The molecular weight excluding hydrogens is 885 g/mol. The van der Waals surface area contributed by atoms with Gasteiger partial charge in [-0.3, -0.25) is 4.98 Å². The normalized spacial score (nSPS) is 14.9. The summed E-state index contributed by atoms with van der Waals surface area (Å²) in [5, 5.41) is 6.04. The van der Waals surface area contributed by atoms with Gasteiger partial charge in [-0.15, -0.1) is 0 Å². The molecule has 1 N–H and O–H groups in total. The maximum absolute atomic E-state index is 5.23. The van der Waals surface area contributed by atoms with E-state index in [1.807, 2.05) is 6.20 Å². The zero-order valence-electron chi connectivity index (χ0n) is 45.0. The van der Waals surface area contributed by atoms with Crippen LogP contribution in [0.3, 0.4) is 0 Å². The first-order valence-electron chi connectivity index (χ1n) is 28.5. The molecule has 4 nitrogen and oxygen atoms in total. The van der Waals surface area contributed by atoms with Crippen molar-refractivity contribution in [3.05, 3.63) is 185 Å². The van der Waals surface area contributed by atoms with E-state index in [1.165, 1.54) is 177 Å². The van der Waals surface area contributed by atoms with Crippen LogP contribution >= 0.6 is 0 Å². The molecule has 73 heavy (non-hydrogen) atoms. The molecule has 4 heteroatoms. The molecule has 0 amide bonds. The van der Waals surface area contributed by atoms with Crippen LogP contribution < -0.4 is 5.32 Å². The molecule has 7 aromatic rings. The van der Waals surface area contributed by atoms with E-state index in [0.29, 0.717) is 0 Å².